The summed E-state index contributed by atoms with van der Waals surface area (Å²) in [5.74, 6) is -0.0619. The number of hydrogen-bond acceptors (Lipinski definition) is 7. The van der Waals surface area contributed by atoms with Crippen LogP contribution in [0.25, 0.3) is 0 Å². The minimum atomic E-state index is -3.71. The maximum atomic E-state index is 13.0. The lowest BCUT2D eigenvalue weighted by atomic mass is 9.98. The fraction of sp³-hybridized carbons (Fsp3) is 0.619. The first-order chi connectivity index (χ1) is 14.9. The molecule has 1 amide bonds. The summed E-state index contributed by atoms with van der Waals surface area (Å²) in [6, 6.07) is 4.59. The number of rotatable bonds is 5. The molecule has 0 aliphatic carbocycles. The zero-order valence-corrected chi connectivity index (χ0v) is 18.4. The minimum Gasteiger partial charge on any atom is -0.486 e. The van der Waals surface area contributed by atoms with Gasteiger partial charge in [-0.15, -0.1) is 0 Å². The maximum absolute atomic E-state index is 13.0. The van der Waals surface area contributed by atoms with E-state index in [0.717, 1.165) is 12.8 Å². The van der Waals surface area contributed by atoms with Crippen LogP contribution in [0.2, 0.25) is 0 Å². The molecule has 3 aliphatic heterocycles. The Morgan fingerprint density at radius 1 is 1.03 bits per heavy atom. The third-order valence-corrected chi connectivity index (χ3v) is 7.89. The van der Waals surface area contributed by atoms with Crippen LogP contribution in [-0.2, 0) is 24.3 Å². The van der Waals surface area contributed by atoms with E-state index in [-0.39, 0.29) is 23.9 Å². The summed E-state index contributed by atoms with van der Waals surface area (Å²) in [5, 5.41) is 0. The topological polar surface area (TPSA) is 102 Å². The van der Waals surface area contributed by atoms with Gasteiger partial charge in [-0.1, -0.05) is 0 Å². The lowest BCUT2D eigenvalue weighted by Crippen LogP contribution is -2.43. The molecule has 0 spiro atoms. The molecule has 4 rings (SSSR count). The van der Waals surface area contributed by atoms with Crippen molar-refractivity contribution in [2.24, 2.45) is 5.92 Å². The smallest absolute Gasteiger partial charge is 0.309 e. The molecule has 1 aromatic carbocycles. The van der Waals surface area contributed by atoms with Crippen LogP contribution < -0.4 is 9.47 Å². The Labute approximate surface area is 182 Å². The number of carbonyl (C=O) groups excluding carboxylic acids is 2. The molecule has 9 nitrogen and oxygen atoms in total. The third-order valence-electron chi connectivity index (χ3n) is 6.00. The van der Waals surface area contributed by atoms with E-state index in [1.807, 2.05) is 0 Å². The number of amides is 1. The van der Waals surface area contributed by atoms with Crippen molar-refractivity contribution >= 4 is 21.9 Å². The van der Waals surface area contributed by atoms with Gasteiger partial charge in [-0.2, -0.15) is 4.31 Å². The summed E-state index contributed by atoms with van der Waals surface area (Å²) < 4.78 is 43.8. The number of sulfonamides is 1. The molecule has 10 heteroatoms. The number of hydrogen-bond donors (Lipinski definition) is 0. The number of esters is 1. The lowest BCUT2D eigenvalue weighted by molar-refractivity contribution is -0.163. The fourth-order valence-electron chi connectivity index (χ4n) is 4.18. The average molecular weight is 453 g/mol. The first-order valence-electron chi connectivity index (χ1n) is 10.8. The molecule has 3 aliphatic rings. The van der Waals surface area contributed by atoms with Crippen LogP contribution in [0.4, 0.5) is 0 Å². The summed E-state index contributed by atoms with van der Waals surface area (Å²) >= 11 is 0. The highest BCUT2D eigenvalue weighted by Gasteiger charge is 2.35. The van der Waals surface area contributed by atoms with Gasteiger partial charge >= 0.3 is 5.97 Å². The van der Waals surface area contributed by atoms with E-state index in [0.29, 0.717) is 50.6 Å². The van der Waals surface area contributed by atoms with Crippen LogP contribution in [0.1, 0.15) is 32.6 Å². The highest BCUT2D eigenvalue weighted by Crippen LogP contribution is 2.34. The van der Waals surface area contributed by atoms with Crippen LogP contribution in [0.5, 0.6) is 11.5 Å². The molecule has 0 aromatic heterocycles. The van der Waals surface area contributed by atoms with E-state index in [4.69, 9.17) is 14.2 Å². The van der Waals surface area contributed by atoms with Crippen molar-refractivity contribution in [3.63, 3.8) is 0 Å². The molecule has 1 aromatic rings. The highest BCUT2D eigenvalue weighted by molar-refractivity contribution is 7.89. The van der Waals surface area contributed by atoms with Crippen LogP contribution in [-0.4, -0.2) is 75.0 Å². The predicted octanol–water partition coefficient (Wildman–Crippen LogP) is 1.41. The van der Waals surface area contributed by atoms with E-state index < -0.39 is 28.0 Å². The number of ether oxygens (including phenoxy) is 3. The fourth-order valence-corrected chi connectivity index (χ4v) is 5.67. The van der Waals surface area contributed by atoms with E-state index >= 15 is 0 Å². The van der Waals surface area contributed by atoms with Crippen LogP contribution in [0.3, 0.4) is 0 Å². The monoisotopic (exact) mass is 452 g/mol. The second-order valence-corrected chi connectivity index (χ2v) is 10.0. The van der Waals surface area contributed by atoms with Gasteiger partial charge in [0.25, 0.3) is 5.91 Å². The zero-order chi connectivity index (χ0) is 22.0. The zero-order valence-electron chi connectivity index (χ0n) is 17.6. The molecule has 1 unspecified atom stereocenters. The van der Waals surface area contributed by atoms with Crippen LogP contribution >= 0.6 is 0 Å². The van der Waals surface area contributed by atoms with Gasteiger partial charge in [-0.05, 0) is 44.7 Å². The van der Waals surface area contributed by atoms with Crippen molar-refractivity contribution < 1.29 is 32.2 Å². The molecule has 0 N–H and O–H groups in total. The van der Waals surface area contributed by atoms with Crippen molar-refractivity contribution in [1.29, 1.82) is 0 Å². The molecule has 1 atom stereocenters. The summed E-state index contributed by atoms with van der Waals surface area (Å²) in [7, 11) is -3.71. The van der Waals surface area contributed by atoms with E-state index in [2.05, 4.69) is 0 Å². The highest BCUT2D eigenvalue weighted by atomic mass is 32.2. The van der Waals surface area contributed by atoms with Crippen molar-refractivity contribution in [3.05, 3.63) is 18.2 Å². The molecule has 3 heterocycles. The molecular formula is C21H28N2O7S. The van der Waals surface area contributed by atoms with Crippen molar-refractivity contribution in [1.82, 2.24) is 9.21 Å². The Kier molecular flexibility index (Phi) is 6.38. The maximum Gasteiger partial charge on any atom is 0.309 e. The number of nitrogens with zero attached hydrogens (tertiary/aromatic N) is 2. The molecule has 2 saturated heterocycles. The number of carbonyl (C=O) groups is 2. The van der Waals surface area contributed by atoms with E-state index in [1.54, 1.807) is 17.9 Å². The van der Waals surface area contributed by atoms with Gasteiger partial charge in [0.15, 0.2) is 17.6 Å². The van der Waals surface area contributed by atoms with Gasteiger partial charge in [0.2, 0.25) is 10.0 Å². The normalized spacial score (nSPS) is 21.0. The van der Waals surface area contributed by atoms with Crippen LogP contribution in [0.15, 0.2) is 23.1 Å². The van der Waals surface area contributed by atoms with Crippen molar-refractivity contribution in [2.75, 3.05) is 39.4 Å². The van der Waals surface area contributed by atoms with E-state index in [1.165, 1.54) is 16.4 Å². The number of piperidine rings is 1. The number of likely N-dealkylation sites (tertiary alicyclic amines) is 1. The summed E-state index contributed by atoms with van der Waals surface area (Å²) in [6.07, 6.45) is 1.84. The Hall–Kier alpha value is -2.33. The Bertz CT molecular complexity index is 935. The van der Waals surface area contributed by atoms with Gasteiger partial charge in [0, 0.05) is 32.2 Å². The first kappa shape index (κ1) is 21.9. The summed E-state index contributed by atoms with van der Waals surface area (Å²) in [6.45, 7) is 4.25. The molecule has 0 saturated carbocycles. The van der Waals surface area contributed by atoms with Gasteiger partial charge in [0.1, 0.15) is 13.2 Å². The largest absolute Gasteiger partial charge is 0.486 e. The second-order valence-electron chi connectivity index (χ2n) is 8.10. The predicted molar refractivity (Wildman–Crippen MR) is 110 cm³/mol. The SMILES string of the molecule is CC(OC(=O)C1CCN(S(=O)(=O)c2ccc3c(c2)OCCO3)CC1)C(=O)N1CCCC1. The number of fused-ring (bicyclic) bond motifs is 1. The van der Waals surface area contributed by atoms with Gasteiger partial charge in [0.05, 0.1) is 10.8 Å². The molecule has 0 bridgehead atoms. The molecule has 170 valence electrons. The van der Waals surface area contributed by atoms with Gasteiger partial charge in [-0.3, -0.25) is 9.59 Å². The van der Waals surface area contributed by atoms with E-state index in [9.17, 15) is 18.0 Å². The summed E-state index contributed by atoms with van der Waals surface area (Å²) in [4.78, 5) is 26.7. The standard InChI is InChI=1S/C21H28N2O7S/c1-15(20(24)22-8-2-3-9-22)30-21(25)16-6-10-23(11-7-16)31(26,27)17-4-5-18-19(14-17)29-13-12-28-18/h4-5,14-16H,2-3,6-13H2,1H3. The first-order valence-corrected chi connectivity index (χ1v) is 12.2. The third kappa shape index (κ3) is 4.64. The Morgan fingerprint density at radius 2 is 1.68 bits per heavy atom. The second kappa shape index (κ2) is 9.04. The molecule has 0 radical (unpaired) electrons. The van der Waals surface area contributed by atoms with Crippen molar-refractivity contribution in [3.8, 4) is 11.5 Å². The van der Waals surface area contributed by atoms with Crippen molar-refractivity contribution in [2.45, 2.75) is 43.6 Å². The molecule has 2 fully saturated rings. The quantitative estimate of drug-likeness (QED) is 0.623. The van der Waals surface area contributed by atoms with Gasteiger partial charge < -0.3 is 19.1 Å². The number of benzene rings is 1. The van der Waals surface area contributed by atoms with Crippen LogP contribution in [0, 0.1) is 5.92 Å². The molecular weight excluding hydrogens is 424 g/mol. The Balaban J connectivity index is 1.33. The van der Waals surface area contributed by atoms with Gasteiger partial charge in [-0.25, -0.2) is 8.42 Å². The Morgan fingerprint density at radius 3 is 2.35 bits per heavy atom. The lowest BCUT2D eigenvalue weighted by Gasteiger charge is -2.31. The average Bonchev–Trinajstić information content (AvgIpc) is 3.33. The summed E-state index contributed by atoms with van der Waals surface area (Å²) in [5.41, 5.74) is 0. The minimum absolute atomic E-state index is 0.141. The molecule has 31 heavy (non-hydrogen) atoms.